The molecule has 4 nitrogen and oxygen atoms in total. The van der Waals surface area contributed by atoms with E-state index >= 15 is 0 Å². The maximum atomic E-state index is 5.89. The van der Waals surface area contributed by atoms with E-state index in [0.717, 1.165) is 15.9 Å². The third-order valence-electron chi connectivity index (χ3n) is 6.46. The molecule has 0 saturated carbocycles. The molecule has 6 heteroatoms. The summed E-state index contributed by atoms with van der Waals surface area (Å²) in [5.74, 6) is 0. The Balaban J connectivity index is 1.69. The van der Waals surface area contributed by atoms with E-state index in [1.54, 1.807) is 0 Å². The summed E-state index contributed by atoms with van der Waals surface area (Å²) >= 11 is 9.45. The highest BCUT2D eigenvalue weighted by Crippen LogP contribution is 2.44. The molecular formula is C28H27BrN4S. The summed E-state index contributed by atoms with van der Waals surface area (Å²) in [7, 11) is 0. The number of aromatic nitrogens is 2. The number of anilines is 1. The Labute approximate surface area is 214 Å². The number of halogens is 1. The van der Waals surface area contributed by atoms with Gasteiger partial charge in [-0.15, -0.1) is 0 Å². The third kappa shape index (κ3) is 4.05. The molecule has 0 unspecified atom stereocenters. The number of thiocarbonyl (C=S) groups is 1. The van der Waals surface area contributed by atoms with Gasteiger partial charge in [0.25, 0.3) is 0 Å². The third-order valence-corrected chi connectivity index (χ3v) is 7.30. The summed E-state index contributed by atoms with van der Waals surface area (Å²) in [5.41, 5.74) is 9.39. The standard InChI is InChI=1S/C28H27BrN4S/c1-17-13-18(2)15-23(14-17)32-19(3)16-24(20(32)4)27-26(25-7-5-6-12-30-25)31-28(34)33(27)22-10-8-21(29)9-11-22/h5-16,26-27H,1-4H3,(H,31,34)/t26-,27-/m0/s1. The topological polar surface area (TPSA) is 33.1 Å². The molecular weight excluding hydrogens is 504 g/mol. The van der Waals surface area contributed by atoms with Crippen LogP contribution in [-0.2, 0) is 0 Å². The number of hydrogen-bond acceptors (Lipinski definition) is 2. The molecule has 172 valence electrons. The van der Waals surface area contributed by atoms with Crippen LogP contribution in [0.2, 0.25) is 0 Å². The highest BCUT2D eigenvalue weighted by atomic mass is 79.9. The minimum atomic E-state index is -0.0643. The first-order valence-electron chi connectivity index (χ1n) is 11.4. The van der Waals surface area contributed by atoms with Crippen molar-refractivity contribution in [2.45, 2.75) is 39.8 Å². The Morgan fingerprint density at radius 3 is 2.24 bits per heavy atom. The molecule has 1 aliphatic rings. The highest BCUT2D eigenvalue weighted by Gasteiger charge is 2.42. The molecule has 0 amide bonds. The molecule has 1 N–H and O–H groups in total. The van der Waals surface area contributed by atoms with E-state index in [4.69, 9.17) is 17.2 Å². The quantitative estimate of drug-likeness (QED) is 0.286. The van der Waals surface area contributed by atoms with Gasteiger partial charge in [-0.2, -0.15) is 0 Å². The van der Waals surface area contributed by atoms with Crippen LogP contribution >= 0.6 is 28.1 Å². The number of rotatable bonds is 4. The van der Waals surface area contributed by atoms with E-state index in [1.807, 2.05) is 18.3 Å². The van der Waals surface area contributed by atoms with Crippen LogP contribution in [0.3, 0.4) is 0 Å². The van der Waals surface area contributed by atoms with Crippen molar-refractivity contribution < 1.29 is 0 Å². The minimum absolute atomic E-state index is 0.0329. The summed E-state index contributed by atoms with van der Waals surface area (Å²) in [5, 5.41) is 4.28. The van der Waals surface area contributed by atoms with Crippen molar-refractivity contribution >= 4 is 38.9 Å². The molecule has 2 atom stereocenters. The predicted molar refractivity (Wildman–Crippen MR) is 147 cm³/mol. The summed E-state index contributed by atoms with van der Waals surface area (Å²) in [6.07, 6.45) is 1.85. The number of nitrogens with zero attached hydrogens (tertiary/aromatic N) is 3. The first kappa shape index (κ1) is 22.8. The number of nitrogens with one attached hydrogen (secondary N) is 1. The summed E-state index contributed by atoms with van der Waals surface area (Å²) in [6, 6.07) is 23.3. The van der Waals surface area contributed by atoms with Crippen LogP contribution in [0.1, 0.15) is 45.9 Å². The number of hydrogen-bond donors (Lipinski definition) is 1. The average Bonchev–Trinajstić information content (AvgIpc) is 3.29. The molecule has 2 aromatic heterocycles. The fourth-order valence-electron chi connectivity index (χ4n) is 5.11. The minimum Gasteiger partial charge on any atom is -0.351 e. The molecule has 1 aliphatic heterocycles. The van der Waals surface area contributed by atoms with Gasteiger partial charge in [0.2, 0.25) is 0 Å². The molecule has 1 fully saturated rings. The lowest BCUT2D eigenvalue weighted by molar-refractivity contribution is 0.565. The van der Waals surface area contributed by atoms with Crippen molar-refractivity contribution in [3.8, 4) is 5.69 Å². The van der Waals surface area contributed by atoms with Crippen molar-refractivity contribution in [1.82, 2.24) is 14.9 Å². The Morgan fingerprint density at radius 1 is 0.882 bits per heavy atom. The Kier molecular flexibility index (Phi) is 6.04. The summed E-state index contributed by atoms with van der Waals surface area (Å²) in [4.78, 5) is 6.92. The zero-order valence-corrected chi connectivity index (χ0v) is 22.1. The molecule has 1 saturated heterocycles. The fraction of sp³-hybridized carbons (Fsp3) is 0.214. The molecule has 2 aromatic carbocycles. The van der Waals surface area contributed by atoms with Gasteiger partial charge in [0.05, 0.1) is 17.8 Å². The maximum absolute atomic E-state index is 5.89. The van der Waals surface area contributed by atoms with Crippen LogP contribution < -0.4 is 10.2 Å². The second-order valence-corrected chi connectivity index (χ2v) is 10.3. The zero-order valence-electron chi connectivity index (χ0n) is 19.7. The zero-order chi connectivity index (χ0) is 24.0. The molecule has 0 aliphatic carbocycles. The van der Waals surface area contributed by atoms with Crippen LogP contribution in [0.5, 0.6) is 0 Å². The number of benzene rings is 2. The first-order chi connectivity index (χ1) is 16.3. The van der Waals surface area contributed by atoms with Crippen LogP contribution in [0.25, 0.3) is 5.69 Å². The maximum Gasteiger partial charge on any atom is 0.174 e. The van der Waals surface area contributed by atoms with E-state index in [0.29, 0.717) is 5.11 Å². The van der Waals surface area contributed by atoms with Gasteiger partial charge in [0.1, 0.15) is 0 Å². The van der Waals surface area contributed by atoms with Gasteiger partial charge >= 0.3 is 0 Å². The monoisotopic (exact) mass is 530 g/mol. The van der Waals surface area contributed by atoms with E-state index < -0.39 is 0 Å². The predicted octanol–water partition coefficient (Wildman–Crippen LogP) is 7.05. The van der Waals surface area contributed by atoms with Gasteiger partial charge in [-0.1, -0.05) is 28.1 Å². The summed E-state index contributed by atoms with van der Waals surface area (Å²) < 4.78 is 3.39. The second kappa shape index (κ2) is 9.01. The van der Waals surface area contributed by atoms with Gasteiger partial charge in [0.15, 0.2) is 5.11 Å². The molecule has 0 spiro atoms. The van der Waals surface area contributed by atoms with Gasteiger partial charge in [0, 0.05) is 33.4 Å². The van der Waals surface area contributed by atoms with Crippen molar-refractivity contribution in [2.75, 3.05) is 4.90 Å². The molecule has 5 rings (SSSR count). The Morgan fingerprint density at radius 2 is 1.59 bits per heavy atom. The van der Waals surface area contributed by atoms with Gasteiger partial charge in [-0.3, -0.25) is 4.98 Å². The van der Waals surface area contributed by atoms with E-state index in [2.05, 4.69) is 113 Å². The molecule has 4 aromatic rings. The normalized spacial score (nSPS) is 17.8. The summed E-state index contributed by atoms with van der Waals surface area (Å²) in [6.45, 7) is 8.68. The second-order valence-electron chi connectivity index (χ2n) is 8.98. The lowest BCUT2D eigenvalue weighted by atomic mass is 9.96. The van der Waals surface area contributed by atoms with Gasteiger partial charge in [-0.25, -0.2) is 0 Å². The van der Waals surface area contributed by atoms with E-state index in [-0.39, 0.29) is 12.1 Å². The average molecular weight is 532 g/mol. The van der Waals surface area contributed by atoms with Gasteiger partial charge < -0.3 is 14.8 Å². The molecule has 3 heterocycles. The largest absolute Gasteiger partial charge is 0.351 e. The Hall–Kier alpha value is -2.96. The molecule has 0 radical (unpaired) electrons. The number of aryl methyl sites for hydroxylation is 3. The fourth-order valence-corrected chi connectivity index (χ4v) is 5.73. The van der Waals surface area contributed by atoms with Gasteiger partial charge in [-0.05, 0) is 111 Å². The number of pyridine rings is 1. The Bertz CT molecular complexity index is 1340. The van der Waals surface area contributed by atoms with Crippen molar-refractivity contribution in [3.05, 3.63) is 111 Å². The smallest absolute Gasteiger partial charge is 0.174 e. The SMILES string of the molecule is Cc1cc(C)cc(-n2c(C)cc([C@H]3[C@H](c4ccccn4)NC(=S)N3c3ccc(Br)cc3)c2C)c1. The van der Waals surface area contributed by atoms with Crippen molar-refractivity contribution in [1.29, 1.82) is 0 Å². The van der Waals surface area contributed by atoms with Crippen LogP contribution in [-0.4, -0.2) is 14.7 Å². The molecule has 0 bridgehead atoms. The van der Waals surface area contributed by atoms with Crippen LogP contribution in [0, 0.1) is 27.7 Å². The first-order valence-corrected chi connectivity index (χ1v) is 12.6. The van der Waals surface area contributed by atoms with E-state index in [9.17, 15) is 0 Å². The lowest BCUT2D eigenvalue weighted by Crippen LogP contribution is -2.29. The van der Waals surface area contributed by atoms with Crippen LogP contribution in [0.4, 0.5) is 5.69 Å². The molecule has 34 heavy (non-hydrogen) atoms. The highest BCUT2D eigenvalue weighted by molar-refractivity contribution is 9.10. The van der Waals surface area contributed by atoms with Crippen molar-refractivity contribution in [2.24, 2.45) is 0 Å². The van der Waals surface area contributed by atoms with E-state index in [1.165, 1.54) is 33.8 Å². The van der Waals surface area contributed by atoms with Crippen LogP contribution in [0.15, 0.2) is 77.4 Å². The lowest BCUT2D eigenvalue weighted by Gasteiger charge is -2.28. The van der Waals surface area contributed by atoms with Crippen molar-refractivity contribution in [3.63, 3.8) is 0 Å².